The predicted molar refractivity (Wildman–Crippen MR) is 159 cm³/mol. The lowest BCUT2D eigenvalue weighted by atomic mass is 9.82. The highest BCUT2D eigenvalue weighted by molar-refractivity contribution is 5.74. The molecule has 0 heterocycles. The van der Waals surface area contributed by atoms with E-state index in [-0.39, 0.29) is 5.41 Å². The molecule has 5 heteroatoms. The number of rotatable bonds is 15. The first-order chi connectivity index (χ1) is 19.4. The van der Waals surface area contributed by atoms with E-state index in [1.807, 2.05) is 60.7 Å². The van der Waals surface area contributed by atoms with Gasteiger partial charge in [-0.2, -0.15) is 0 Å². The summed E-state index contributed by atoms with van der Waals surface area (Å²) in [5.74, 6) is 4.67. The Bertz CT molecular complexity index is 1310. The summed E-state index contributed by atoms with van der Waals surface area (Å²) < 4.78 is 23.5. The molecule has 208 valence electrons. The quantitative estimate of drug-likeness (QED) is 0.111. The monoisotopic (exact) mass is 538 g/mol. The maximum Gasteiger partial charge on any atom is 0.150 e. The van der Waals surface area contributed by atoms with Crippen LogP contribution in [0.5, 0.6) is 34.5 Å². The van der Waals surface area contributed by atoms with Crippen LogP contribution in [0.15, 0.2) is 97.1 Å². The van der Waals surface area contributed by atoms with Gasteiger partial charge in [0, 0.05) is 5.56 Å². The van der Waals surface area contributed by atoms with Crippen molar-refractivity contribution in [2.75, 3.05) is 13.2 Å². The van der Waals surface area contributed by atoms with Crippen molar-refractivity contribution in [1.82, 2.24) is 0 Å². The third-order valence-electron chi connectivity index (χ3n) is 6.98. The van der Waals surface area contributed by atoms with Gasteiger partial charge in [0.05, 0.1) is 13.2 Å². The highest BCUT2D eigenvalue weighted by Gasteiger charge is 2.17. The number of ether oxygens (including phenoxy) is 4. The third-order valence-corrected chi connectivity index (χ3v) is 6.98. The van der Waals surface area contributed by atoms with Gasteiger partial charge in [0.15, 0.2) is 0 Å². The fourth-order valence-corrected chi connectivity index (χ4v) is 4.03. The summed E-state index contributed by atoms with van der Waals surface area (Å²) in [6.45, 7) is 8.03. The van der Waals surface area contributed by atoms with E-state index in [1.54, 1.807) is 24.3 Å². The van der Waals surface area contributed by atoms with Crippen molar-refractivity contribution in [2.45, 2.75) is 51.9 Å². The molecule has 0 aliphatic rings. The second-order valence-electron chi connectivity index (χ2n) is 10.4. The zero-order valence-electron chi connectivity index (χ0n) is 23.6. The summed E-state index contributed by atoms with van der Waals surface area (Å²) in [6.07, 6.45) is 4.83. The molecule has 4 rings (SSSR count). The van der Waals surface area contributed by atoms with Crippen molar-refractivity contribution in [2.24, 2.45) is 0 Å². The lowest BCUT2D eigenvalue weighted by Gasteiger charge is -2.23. The van der Waals surface area contributed by atoms with Gasteiger partial charge in [-0.05, 0) is 122 Å². The predicted octanol–water partition coefficient (Wildman–Crippen LogP) is 9.40. The van der Waals surface area contributed by atoms with E-state index < -0.39 is 0 Å². The van der Waals surface area contributed by atoms with Crippen molar-refractivity contribution >= 4 is 6.29 Å². The van der Waals surface area contributed by atoms with Gasteiger partial charge in [-0.1, -0.05) is 32.9 Å². The number of hydrogen-bond donors (Lipinski definition) is 0. The standard InChI is InChI=1S/C35H38O5/c1-4-35(2,3)28-10-14-32(15-11-28)40-34-22-18-30(19-23-34)38-25-7-5-6-24-37-29-16-20-33(21-17-29)39-31-12-8-27(26-36)9-13-31/h8-23,26H,4-7,24-25H2,1-3H3. The topological polar surface area (TPSA) is 54.0 Å². The Morgan fingerprint density at radius 2 is 0.925 bits per heavy atom. The average molecular weight is 539 g/mol. The first-order valence-corrected chi connectivity index (χ1v) is 13.9. The molecule has 0 bridgehead atoms. The summed E-state index contributed by atoms with van der Waals surface area (Å²) >= 11 is 0. The van der Waals surface area contributed by atoms with Crippen LogP contribution in [0.3, 0.4) is 0 Å². The zero-order chi connectivity index (χ0) is 28.2. The molecular formula is C35H38O5. The Balaban J connectivity index is 1.09. The largest absolute Gasteiger partial charge is 0.494 e. The van der Waals surface area contributed by atoms with Crippen LogP contribution < -0.4 is 18.9 Å². The molecule has 4 aromatic rings. The van der Waals surface area contributed by atoms with E-state index in [0.29, 0.717) is 30.3 Å². The van der Waals surface area contributed by atoms with Crippen LogP contribution in [-0.2, 0) is 5.41 Å². The summed E-state index contributed by atoms with van der Waals surface area (Å²) in [7, 11) is 0. The SMILES string of the molecule is CCC(C)(C)c1ccc(Oc2ccc(OCCCCCOc3ccc(Oc4ccc(C=O)cc4)cc3)cc2)cc1. The van der Waals surface area contributed by atoms with Crippen LogP contribution in [0.25, 0.3) is 0 Å². The van der Waals surface area contributed by atoms with E-state index >= 15 is 0 Å². The molecule has 0 N–H and O–H groups in total. The minimum Gasteiger partial charge on any atom is -0.494 e. The smallest absolute Gasteiger partial charge is 0.150 e. The third kappa shape index (κ3) is 8.63. The first-order valence-electron chi connectivity index (χ1n) is 13.9. The molecule has 0 amide bonds. The van der Waals surface area contributed by atoms with Gasteiger partial charge >= 0.3 is 0 Å². The van der Waals surface area contributed by atoms with E-state index in [9.17, 15) is 4.79 Å². The van der Waals surface area contributed by atoms with Crippen LogP contribution in [0.1, 0.15) is 62.4 Å². The van der Waals surface area contributed by atoms with Gasteiger partial charge in [0.25, 0.3) is 0 Å². The normalized spacial score (nSPS) is 11.1. The average Bonchev–Trinajstić information content (AvgIpc) is 2.99. The Labute approximate surface area is 237 Å². The number of hydrogen-bond acceptors (Lipinski definition) is 5. The second-order valence-corrected chi connectivity index (χ2v) is 10.4. The molecule has 0 aromatic heterocycles. The Morgan fingerprint density at radius 3 is 1.32 bits per heavy atom. The van der Waals surface area contributed by atoms with E-state index in [4.69, 9.17) is 18.9 Å². The van der Waals surface area contributed by atoms with Crippen LogP contribution in [0.2, 0.25) is 0 Å². The molecule has 0 unspecified atom stereocenters. The highest BCUT2D eigenvalue weighted by atomic mass is 16.5. The molecule has 0 atom stereocenters. The van der Waals surface area contributed by atoms with E-state index in [0.717, 1.165) is 55.0 Å². The number of unbranched alkanes of at least 4 members (excludes halogenated alkanes) is 2. The van der Waals surface area contributed by atoms with Crippen LogP contribution in [0, 0.1) is 0 Å². The molecule has 0 fully saturated rings. The number of carbonyl (C=O) groups excluding carboxylic acids is 1. The number of benzene rings is 4. The second kappa shape index (κ2) is 14.2. The lowest BCUT2D eigenvalue weighted by molar-refractivity contribution is 0.112. The van der Waals surface area contributed by atoms with Crippen LogP contribution >= 0.6 is 0 Å². The molecular weight excluding hydrogens is 500 g/mol. The molecule has 5 nitrogen and oxygen atoms in total. The maximum absolute atomic E-state index is 10.8. The van der Waals surface area contributed by atoms with Crippen molar-refractivity contribution in [3.63, 3.8) is 0 Å². The van der Waals surface area contributed by atoms with E-state index in [1.165, 1.54) is 5.56 Å². The van der Waals surface area contributed by atoms with Crippen molar-refractivity contribution in [1.29, 1.82) is 0 Å². The van der Waals surface area contributed by atoms with Crippen LogP contribution in [0.4, 0.5) is 0 Å². The summed E-state index contributed by atoms with van der Waals surface area (Å²) in [6, 6.07) is 30.7. The van der Waals surface area contributed by atoms with Crippen LogP contribution in [-0.4, -0.2) is 19.5 Å². The minimum atomic E-state index is 0.168. The fraction of sp³-hybridized carbons (Fsp3) is 0.286. The van der Waals surface area contributed by atoms with Crippen molar-refractivity contribution in [3.05, 3.63) is 108 Å². The van der Waals surface area contributed by atoms with Gasteiger partial charge in [-0.25, -0.2) is 0 Å². The molecule has 0 saturated carbocycles. The molecule has 0 aliphatic heterocycles. The lowest BCUT2D eigenvalue weighted by Crippen LogP contribution is -2.14. The van der Waals surface area contributed by atoms with Gasteiger partial charge < -0.3 is 18.9 Å². The molecule has 4 aromatic carbocycles. The molecule has 0 saturated heterocycles. The Morgan fingerprint density at radius 1 is 0.550 bits per heavy atom. The van der Waals surface area contributed by atoms with Gasteiger partial charge in [-0.3, -0.25) is 4.79 Å². The zero-order valence-corrected chi connectivity index (χ0v) is 23.6. The molecule has 40 heavy (non-hydrogen) atoms. The number of aldehydes is 1. The maximum atomic E-state index is 10.8. The van der Waals surface area contributed by atoms with Gasteiger partial charge in [0.2, 0.25) is 0 Å². The Kier molecular flexibility index (Phi) is 10.2. The summed E-state index contributed by atoms with van der Waals surface area (Å²) in [4.78, 5) is 10.8. The molecule has 0 aliphatic carbocycles. The molecule has 0 spiro atoms. The van der Waals surface area contributed by atoms with E-state index in [2.05, 4.69) is 32.9 Å². The Hall–Kier alpha value is -4.25. The fourth-order valence-electron chi connectivity index (χ4n) is 4.03. The number of carbonyl (C=O) groups is 1. The van der Waals surface area contributed by atoms with Crippen molar-refractivity contribution in [3.8, 4) is 34.5 Å². The summed E-state index contributed by atoms with van der Waals surface area (Å²) in [5.41, 5.74) is 2.11. The minimum absolute atomic E-state index is 0.168. The van der Waals surface area contributed by atoms with Crippen molar-refractivity contribution < 1.29 is 23.7 Å². The summed E-state index contributed by atoms with van der Waals surface area (Å²) in [5, 5.41) is 0. The first kappa shape index (κ1) is 28.8. The van der Waals surface area contributed by atoms with Gasteiger partial charge in [0.1, 0.15) is 40.8 Å². The highest BCUT2D eigenvalue weighted by Crippen LogP contribution is 2.30. The van der Waals surface area contributed by atoms with Gasteiger partial charge in [-0.15, -0.1) is 0 Å². The molecule has 0 radical (unpaired) electrons.